The lowest BCUT2D eigenvalue weighted by molar-refractivity contribution is 0.1000. The highest BCUT2D eigenvalue weighted by Gasteiger charge is 2.23. The van der Waals surface area contributed by atoms with Crippen LogP contribution in [-0.4, -0.2) is 34.4 Å². The average Bonchev–Trinajstić information content (AvgIpc) is 3.19. The van der Waals surface area contributed by atoms with Gasteiger partial charge in [-0.2, -0.15) is 5.10 Å². The lowest BCUT2D eigenvalue weighted by Crippen LogP contribution is -2.24. The number of rotatable bonds is 3. The molecule has 32 heavy (non-hydrogen) atoms. The van der Waals surface area contributed by atoms with Gasteiger partial charge in [-0.25, -0.2) is 4.85 Å². The maximum atomic E-state index is 12.3. The van der Waals surface area contributed by atoms with Crippen LogP contribution < -0.4 is 5.73 Å². The molecule has 2 N–H and O–H groups in total. The smallest absolute Gasteiger partial charge is 0.204 e. The first kappa shape index (κ1) is 20.1. The quantitative estimate of drug-likeness (QED) is 0.453. The van der Waals surface area contributed by atoms with Crippen molar-refractivity contribution in [3.63, 3.8) is 0 Å². The summed E-state index contributed by atoms with van der Waals surface area (Å²) in [5.41, 5.74) is 11.8. The Hall–Kier alpha value is -3.79. The maximum Gasteiger partial charge on any atom is 0.204 e. The highest BCUT2D eigenvalue weighted by molar-refractivity contribution is 6.36. The number of aryl methyl sites for hydroxylation is 1. The van der Waals surface area contributed by atoms with Crippen LogP contribution in [0.1, 0.15) is 15.9 Å². The van der Waals surface area contributed by atoms with Crippen LogP contribution in [0.3, 0.4) is 0 Å². The van der Waals surface area contributed by atoms with Crippen molar-refractivity contribution in [2.75, 3.05) is 13.1 Å². The standard InChI is InChI=1S/C25H18ClN5O/c1-28-24-17-4-3-5-21(26)15(17)8-9-18(24)25-20(12-30-31(25)2)14-6-7-16-19(10-14)22(11-27)29-13-23(16)32/h3-10,12H,11,13,27H2,2H3. The summed E-state index contributed by atoms with van der Waals surface area (Å²) in [7, 11) is 1.85. The second-order valence-electron chi connectivity index (χ2n) is 7.59. The van der Waals surface area contributed by atoms with Crippen molar-refractivity contribution in [3.05, 3.63) is 82.3 Å². The van der Waals surface area contributed by atoms with Crippen LogP contribution in [-0.2, 0) is 7.05 Å². The summed E-state index contributed by atoms with van der Waals surface area (Å²) >= 11 is 6.36. The molecule has 1 aliphatic heterocycles. The molecule has 1 aliphatic rings. The molecule has 0 aliphatic carbocycles. The third kappa shape index (κ3) is 3.02. The molecule has 0 amide bonds. The fourth-order valence-electron chi connectivity index (χ4n) is 4.29. The van der Waals surface area contributed by atoms with E-state index in [0.29, 0.717) is 22.0 Å². The number of nitrogens with zero attached hydrogens (tertiary/aromatic N) is 4. The first-order valence-electron chi connectivity index (χ1n) is 10.1. The fourth-order valence-corrected chi connectivity index (χ4v) is 4.53. The van der Waals surface area contributed by atoms with Gasteiger partial charge in [0.15, 0.2) is 5.78 Å². The van der Waals surface area contributed by atoms with E-state index in [9.17, 15) is 4.79 Å². The van der Waals surface area contributed by atoms with E-state index in [1.807, 2.05) is 55.6 Å². The van der Waals surface area contributed by atoms with Crippen LogP contribution in [0.15, 0.2) is 59.7 Å². The molecule has 5 rings (SSSR count). The van der Waals surface area contributed by atoms with Crippen molar-refractivity contribution in [2.24, 2.45) is 17.8 Å². The molecule has 6 nitrogen and oxygen atoms in total. The minimum Gasteiger partial charge on any atom is -0.325 e. The second kappa shape index (κ2) is 7.72. The van der Waals surface area contributed by atoms with E-state index in [-0.39, 0.29) is 18.9 Å². The number of benzene rings is 3. The molecule has 0 fully saturated rings. The number of hydrogen-bond donors (Lipinski definition) is 1. The van der Waals surface area contributed by atoms with Crippen molar-refractivity contribution in [2.45, 2.75) is 0 Å². The predicted octanol–water partition coefficient (Wildman–Crippen LogP) is 5.06. The Kier molecular flexibility index (Phi) is 4.86. The Bertz CT molecular complexity index is 1490. The molecule has 0 bridgehead atoms. The van der Waals surface area contributed by atoms with E-state index in [4.69, 9.17) is 23.9 Å². The Morgan fingerprint density at radius 2 is 1.91 bits per heavy atom. The molecule has 7 heteroatoms. The molecule has 3 aromatic carbocycles. The molecule has 0 radical (unpaired) electrons. The molecule has 156 valence electrons. The summed E-state index contributed by atoms with van der Waals surface area (Å²) in [5, 5.41) is 6.72. The Morgan fingerprint density at radius 3 is 2.69 bits per heavy atom. The van der Waals surface area contributed by atoms with Crippen LogP contribution in [0.25, 0.3) is 38.0 Å². The van der Waals surface area contributed by atoms with E-state index < -0.39 is 0 Å². The zero-order valence-corrected chi connectivity index (χ0v) is 18.0. The van der Waals surface area contributed by atoms with Gasteiger partial charge >= 0.3 is 0 Å². The molecule has 0 unspecified atom stereocenters. The molecule has 1 aromatic heterocycles. The minimum atomic E-state index is -0.0168. The van der Waals surface area contributed by atoms with Gasteiger partial charge in [-0.05, 0) is 28.5 Å². The van der Waals surface area contributed by atoms with Crippen molar-refractivity contribution in [1.29, 1.82) is 0 Å². The lowest BCUT2D eigenvalue weighted by Gasteiger charge is -2.17. The number of ketones is 1. The third-order valence-electron chi connectivity index (χ3n) is 5.83. The van der Waals surface area contributed by atoms with Crippen LogP contribution >= 0.6 is 11.6 Å². The maximum absolute atomic E-state index is 12.3. The number of carbonyl (C=O) groups is 1. The van der Waals surface area contributed by atoms with Crippen molar-refractivity contribution >= 4 is 39.6 Å². The van der Waals surface area contributed by atoms with Gasteiger partial charge in [-0.15, -0.1) is 0 Å². The van der Waals surface area contributed by atoms with Crippen LogP contribution in [0.4, 0.5) is 5.69 Å². The Labute approximate surface area is 189 Å². The number of halogens is 1. The number of fused-ring (bicyclic) bond motifs is 2. The largest absolute Gasteiger partial charge is 0.325 e. The van der Waals surface area contributed by atoms with E-state index in [1.54, 1.807) is 10.9 Å². The highest BCUT2D eigenvalue weighted by atomic mass is 35.5. The molecule has 0 saturated carbocycles. The first-order chi connectivity index (χ1) is 15.5. The second-order valence-corrected chi connectivity index (χ2v) is 8.00. The summed E-state index contributed by atoms with van der Waals surface area (Å²) in [6, 6.07) is 15.1. The Morgan fingerprint density at radius 1 is 1.09 bits per heavy atom. The van der Waals surface area contributed by atoms with Gasteiger partial charge in [-0.1, -0.05) is 48.0 Å². The first-order valence-corrected chi connectivity index (χ1v) is 10.4. The van der Waals surface area contributed by atoms with Gasteiger partial charge in [0.2, 0.25) is 5.69 Å². The monoisotopic (exact) mass is 439 g/mol. The number of aliphatic imine (C=N–C) groups is 1. The Balaban J connectivity index is 1.74. The van der Waals surface area contributed by atoms with Gasteiger partial charge in [0.1, 0.15) is 6.54 Å². The fraction of sp³-hybridized carbons (Fsp3) is 0.120. The molecule has 0 atom stereocenters. The SMILES string of the molecule is [C-]#[N+]c1c(-c2c(-c3ccc4c(c3)C(CN)=NCC4=O)cnn2C)ccc2c(Cl)cccc12. The number of hydrogen-bond acceptors (Lipinski definition) is 4. The lowest BCUT2D eigenvalue weighted by atomic mass is 9.91. The van der Waals surface area contributed by atoms with Crippen molar-refractivity contribution < 1.29 is 4.79 Å². The molecule has 0 saturated heterocycles. The number of carbonyl (C=O) groups excluding carboxylic acids is 1. The molecule has 0 spiro atoms. The van der Waals surface area contributed by atoms with E-state index in [1.165, 1.54) is 0 Å². The average molecular weight is 440 g/mol. The highest BCUT2D eigenvalue weighted by Crippen LogP contribution is 2.42. The van der Waals surface area contributed by atoms with Crippen LogP contribution in [0.5, 0.6) is 0 Å². The number of nitrogens with two attached hydrogens (primary N) is 1. The van der Waals surface area contributed by atoms with E-state index in [0.717, 1.165) is 38.7 Å². The minimum absolute atomic E-state index is 0.0168. The summed E-state index contributed by atoms with van der Waals surface area (Å²) in [4.78, 5) is 20.5. The van der Waals surface area contributed by atoms with Crippen molar-refractivity contribution in [3.8, 4) is 22.4 Å². The van der Waals surface area contributed by atoms with Gasteiger partial charge < -0.3 is 5.73 Å². The molecular weight excluding hydrogens is 422 g/mol. The van der Waals surface area contributed by atoms with Gasteiger partial charge in [0.05, 0.1) is 24.2 Å². The van der Waals surface area contributed by atoms with E-state index in [2.05, 4.69) is 14.9 Å². The zero-order chi connectivity index (χ0) is 22.4. The zero-order valence-electron chi connectivity index (χ0n) is 17.3. The third-order valence-corrected chi connectivity index (χ3v) is 6.16. The van der Waals surface area contributed by atoms with Gasteiger partial charge in [0, 0.05) is 40.9 Å². The number of Topliss-reactive ketones (excluding diaryl/α,β-unsaturated/α-hetero) is 1. The molecule has 2 heterocycles. The van der Waals surface area contributed by atoms with Gasteiger partial charge in [-0.3, -0.25) is 14.5 Å². The normalized spacial score (nSPS) is 13.1. The number of aromatic nitrogens is 2. The van der Waals surface area contributed by atoms with Gasteiger partial charge in [0.25, 0.3) is 0 Å². The van der Waals surface area contributed by atoms with E-state index >= 15 is 0 Å². The van der Waals surface area contributed by atoms with Crippen LogP contribution in [0, 0.1) is 6.57 Å². The summed E-state index contributed by atoms with van der Waals surface area (Å²) in [5.74, 6) is -0.0168. The summed E-state index contributed by atoms with van der Waals surface area (Å²) in [6.45, 7) is 8.26. The summed E-state index contributed by atoms with van der Waals surface area (Å²) in [6.07, 6.45) is 1.77. The topological polar surface area (TPSA) is 77.6 Å². The molecule has 4 aromatic rings. The molecular formula is C25H18ClN5O. The predicted molar refractivity (Wildman–Crippen MR) is 128 cm³/mol. The van der Waals surface area contributed by atoms with Crippen molar-refractivity contribution in [1.82, 2.24) is 9.78 Å². The van der Waals surface area contributed by atoms with Crippen LogP contribution in [0.2, 0.25) is 5.02 Å². The summed E-state index contributed by atoms with van der Waals surface area (Å²) < 4.78 is 1.76.